The van der Waals surface area contributed by atoms with E-state index in [1.54, 1.807) is 36.4 Å². The molecule has 3 aromatic rings. The number of anilines is 2. The number of nitrogens with one attached hydrogen (secondary N) is 2. The molecule has 0 spiro atoms. The van der Waals surface area contributed by atoms with E-state index in [0.29, 0.717) is 28.6 Å². The lowest BCUT2D eigenvalue weighted by Crippen LogP contribution is -2.32. The second kappa shape index (κ2) is 10.1. The van der Waals surface area contributed by atoms with Crippen LogP contribution >= 0.6 is 11.6 Å². The largest absolute Gasteiger partial charge is 0.479 e. The molecule has 3 rings (SSSR count). The van der Waals surface area contributed by atoms with Gasteiger partial charge in [0.2, 0.25) is 0 Å². The molecule has 168 valence electrons. The number of ether oxygens (including phenoxy) is 1. The van der Waals surface area contributed by atoms with Crippen LogP contribution in [0.25, 0.3) is 0 Å². The summed E-state index contributed by atoms with van der Waals surface area (Å²) in [5.41, 5.74) is 3.03. The second-order valence-corrected chi connectivity index (χ2v) is 9.45. The molecule has 0 aliphatic heterocycles. The van der Waals surface area contributed by atoms with Gasteiger partial charge >= 0.3 is 0 Å². The van der Waals surface area contributed by atoms with Crippen LogP contribution in [0.4, 0.5) is 11.4 Å². The number of para-hydroxylation sites is 1. The lowest BCUT2D eigenvalue weighted by atomic mass is 10.1. The summed E-state index contributed by atoms with van der Waals surface area (Å²) in [5, 5.41) is 3.17. The Kier molecular flexibility index (Phi) is 7.43. The van der Waals surface area contributed by atoms with Crippen molar-refractivity contribution < 1.29 is 17.9 Å². The second-order valence-electron chi connectivity index (χ2n) is 7.36. The first kappa shape index (κ1) is 23.6. The molecule has 1 unspecified atom stereocenters. The minimum absolute atomic E-state index is 0.0908. The van der Waals surface area contributed by atoms with Crippen molar-refractivity contribution in [3.05, 3.63) is 82.9 Å². The first-order valence-corrected chi connectivity index (χ1v) is 12.0. The van der Waals surface area contributed by atoms with Crippen molar-refractivity contribution in [2.45, 2.75) is 38.2 Å². The van der Waals surface area contributed by atoms with E-state index in [0.717, 1.165) is 11.1 Å². The molecule has 0 aromatic heterocycles. The zero-order chi connectivity index (χ0) is 23.3. The third-order valence-electron chi connectivity index (χ3n) is 4.96. The molecular formula is C24H25ClN2O4S. The van der Waals surface area contributed by atoms with E-state index >= 15 is 0 Å². The Bertz CT molecular complexity index is 1210. The Balaban J connectivity index is 1.68. The van der Waals surface area contributed by atoms with Gasteiger partial charge < -0.3 is 10.1 Å². The van der Waals surface area contributed by atoms with Crippen molar-refractivity contribution in [1.82, 2.24) is 0 Å². The van der Waals surface area contributed by atoms with Crippen molar-refractivity contribution >= 4 is 38.9 Å². The van der Waals surface area contributed by atoms with Gasteiger partial charge in [0.15, 0.2) is 6.10 Å². The van der Waals surface area contributed by atoms with Gasteiger partial charge in [-0.25, -0.2) is 8.42 Å². The summed E-state index contributed by atoms with van der Waals surface area (Å²) in [7, 11) is -3.76. The van der Waals surface area contributed by atoms with Gasteiger partial charge in [-0.05, 0) is 79.9 Å². The number of amides is 1. The van der Waals surface area contributed by atoms with Gasteiger partial charge in [-0.2, -0.15) is 0 Å². The van der Waals surface area contributed by atoms with Crippen molar-refractivity contribution in [3.8, 4) is 5.75 Å². The highest BCUT2D eigenvalue weighted by molar-refractivity contribution is 7.92. The van der Waals surface area contributed by atoms with E-state index in [4.69, 9.17) is 16.3 Å². The Labute approximate surface area is 193 Å². The summed E-state index contributed by atoms with van der Waals surface area (Å²) < 4.78 is 33.7. The van der Waals surface area contributed by atoms with Crippen LogP contribution < -0.4 is 14.8 Å². The van der Waals surface area contributed by atoms with Crippen molar-refractivity contribution in [2.24, 2.45) is 0 Å². The molecular weight excluding hydrogens is 448 g/mol. The summed E-state index contributed by atoms with van der Waals surface area (Å²) in [6.45, 7) is 5.71. The maximum atomic E-state index is 12.7. The molecule has 8 heteroatoms. The maximum Gasteiger partial charge on any atom is 0.265 e. The minimum atomic E-state index is -3.76. The summed E-state index contributed by atoms with van der Waals surface area (Å²) in [5.74, 6) is 0.0753. The van der Waals surface area contributed by atoms with Crippen molar-refractivity contribution in [2.75, 3.05) is 10.0 Å². The number of hydrogen-bond donors (Lipinski definition) is 2. The van der Waals surface area contributed by atoms with Gasteiger partial charge in [0, 0.05) is 11.4 Å². The van der Waals surface area contributed by atoms with Crippen LogP contribution in [0.2, 0.25) is 5.02 Å². The number of hydrogen-bond acceptors (Lipinski definition) is 4. The molecule has 0 fully saturated rings. The van der Waals surface area contributed by atoms with Crippen molar-refractivity contribution in [3.63, 3.8) is 0 Å². The zero-order valence-corrected chi connectivity index (χ0v) is 19.6. The average Bonchev–Trinajstić information content (AvgIpc) is 2.76. The Morgan fingerprint density at radius 1 is 0.969 bits per heavy atom. The zero-order valence-electron chi connectivity index (χ0n) is 18.1. The maximum absolute atomic E-state index is 12.7. The lowest BCUT2D eigenvalue weighted by molar-refractivity contribution is -0.122. The normalized spacial score (nSPS) is 12.1. The summed E-state index contributed by atoms with van der Waals surface area (Å²) in [6.07, 6.45) is -0.312. The first-order valence-electron chi connectivity index (χ1n) is 10.1. The molecule has 0 radical (unpaired) electrons. The predicted molar refractivity (Wildman–Crippen MR) is 128 cm³/mol. The van der Waals surface area contributed by atoms with Crippen LogP contribution in [0.5, 0.6) is 5.75 Å². The van der Waals surface area contributed by atoms with E-state index in [9.17, 15) is 13.2 Å². The first-order chi connectivity index (χ1) is 15.2. The standard InChI is InChI=1S/C24H25ClN2O4S/c1-4-22(31-23-8-6-5-7-21(23)25)24(28)26-18-11-13-20(14-12-18)32(29,30)27-19-10-9-16(2)17(3)15-19/h5-15,22,27H,4H2,1-3H3,(H,26,28). The molecule has 2 N–H and O–H groups in total. The number of carbonyl (C=O) groups excluding carboxylic acids is 1. The van der Waals surface area contributed by atoms with Gasteiger partial charge in [0.25, 0.3) is 15.9 Å². The van der Waals surface area contributed by atoms with Gasteiger partial charge in [0.1, 0.15) is 5.75 Å². The molecule has 0 bridgehead atoms. The number of aryl methyl sites for hydroxylation is 2. The highest BCUT2D eigenvalue weighted by Gasteiger charge is 2.20. The molecule has 1 atom stereocenters. The summed E-state index contributed by atoms with van der Waals surface area (Å²) in [4.78, 5) is 12.7. The SMILES string of the molecule is CCC(Oc1ccccc1Cl)C(=O)Nc1ccc(S(=O)(=O)Nc2ccc(C)c(C)c2)cc1. The van der Waals surface area contributed by atoms with Gasteiger partial charge in [0.05, 0.1) is 9.92 Å². The fourth-order valence-corrected chi connectivity index (χ4v) is 4.20. The number of sulfonamides is 1. The molecule has 6 nitrogen and oxygen atoms in total. The quantitative estimate of drug-likeness (QED) is 0.450. The summed E-state index contributed by atoms with van der Waals surface area (Å²) >= 11 is 6.11. The third kappa shape index (κ3) is 5.81. The topological polar surface area (TPSA) is 84.5 Å². The fourth-order valence-electron chi connectivity index (χ4n) is 2.97. The number of carbonyl (C=O) groups is 1. The molecule has 0 saturated carbocycles. The van der Waals surface area contributed by atoms with Crippen LogP contribution in [0.3, 0.4) is 0 Å². The van der Waals surface area contributed by atoms with Crippen LogP contribution in [0.1, 0.15) is 24.5 Å². The highest BCUT2D eigenvalue weighted by atomic mass is 35.5. The van der Waals surface area contributed by atoms with Crippen LogP contribution in [-0.2, 0) is 14.8 Å². The van der Waals surface area contributed by atoms with E-state index in [1.807, 2.05) is 26.8 Å². The highest BCUT2D eigenvalue weighted by Crippen LogP contribution is 2.25. The van der Waals surface area contributed by atoms with E-state index in [1.165, 1.54) is 24.3 Å². The average molecular weight is 473 g/mol. The summed E-state index contributed by atoms with van der Waals surface area (Å²) in [6, 6.07) is 18.3. The molecule has 32 heavy (non-hydrogen) atoms. The smallest absolute Gasteiger partial charge is 0.265 e. The number of benzene rings is 3. The molecule has 0 aliphatic rings. The minimum Gasteiger partial charge on any atom is -0.479 e. The van der Waals surface area contributed by atoms with Gasteiger partial charge in [-0.3, -0.25) is 9.52 Å². The van der Waals surface area contributed by atoms with Crippen LogP contribution in [0, 0.1) is 13.8 Å². The molecule has 1 amide bonds. The van der Waals surface area contributed by atoms with Crippen LogP contribution in [0.15, 0.2) is 71.6 Å². The fraction of sp³-hybridized carbons (Fsp3) is 0.208. The van der Waals surface area contributed by atoms with Crippen molar-refractivity contribution in [1.29, 1.82) is 0 Å². The number of rotatable bonds is 8. The third-order valence-corrected chi connectivity index (χ3v) is 6.67. The molecule has 0 aliphatic carbocycles. The van der Waals surface area contributed by atoms with E-state index in [-0.39, 0.29) is 10.8 Å². The van der Waals surface area contributed by atoms with Gasteiger partial charge in [-0.15, -0.1) is 0 Å². The van der Waals surface area contributed by atoms with E-state index < -0.39 is 16.1 Å². The monoisotopic (exact) mass is 472 g/mol. The Morgan fingerprint density at radius 2 is 1.62 bits per heavy atom. The van der Waals surface area contributed by atoms with Crippen LogP contribution in [-0.4, -0.2) is 20.4 Å². The predicted octanol–water partition coefficient (Wildman–Crippen LogP) is 5.55. The lowest BCUT2D eigenvalue weighted by Gasteiger charge is -2.18. The molecule has 0 heterocycles. The molecule has 3 aromatic carbocycles. The van der Waals surface area contributed by atoms with E-state index in [2.05, 4.69) is 10.0 Å². The van der Waals surface area contributed by atoms with Gasteiger partial charge in [-0.1, -0.05) is 36.7 Å². The Hall–Kier alpha value is -3.03. The number of halogens is 1. The Morgan fingerprint density at radius 3 is 2.25 bits per heavy atom. The molecule has 0 saturated heterocycles.